The highest BCUT2D eigenvalue weighted by molar-refractivity contribution is 5.71. The fraction of sp³-hybridized carbons (Fsp3) is 0.308. The number of carbonyl (C=O) groups is 1. The van der Waals surface area contributed by atoms with Crippen LogP contribution in [0.2, 0.25) is 0 Å². The first-order valence-electron chi connectivity index (χ1n) is 5.55. The van der Waals surface area contributed by atoms with E-state index >= 15 is 0 Å². The SMILES string of the molecule is C=Cc1cccc(OC(=O)OC(C)(C)C)c1[N+](=O)[O-]. The van der Waals surface area contributed by atoms with Crippen LogP contribution in [0.25, 0.3) is 6.08 Å². The van der Waals surface area contributed by atoms with Gasteiger partial charge in [-0.05, 0) is 32.9 Å². The van der Waals surface area contributed by atoms with E-state index < -0.39 is 16.7 Å². The molecular formula is C13H15NO5. The Morgan fingerprint density at radius 2 is 2.05 bits per heavy atom. The van der Waals surface area contributed by atoms with Crippen molar-refractivity contribution in [3.63, 3.8) is 0 Å². The molecule has 0 spiro atoms. The maximum atomic E-state index is 11.5. The third-order valence-corrected chi connectivity index (χ3v) is 2.02. The molecule has 0 fully saturated rings. The van der Waals surface area contributed by atoms with Crippen LogP contribution in [0.3, 0.4) is 0 Å². The normalized spacial score (nSPS) is 10.7. The summed E-state index contributed by atoms with van der Waals surface area (Å²) < 4.78 is 9.82. The predicted octanol–water partition coefficient (Wildman–Crippen LogP) is 3.55. The molecule has 0 saturated carbocycles. The van der Waals surface area contributed by atoms with E-state index in [4.69, 9.17) is 9.47 Å². The van der Waals surface area contributed by atoms with E-state index in [2.05, 4.69) is 6.58 Å². The van der Waals surface area contributed by atoms with Crippen molar-refractivity contribution in [2.75, 3.05) is 0 Å². The van der Waals surface area contributed by atoms with Crippen molar-refractivity contribution in [3.05, 3.63) is 40.5 Å². The van der Waals surface area contributed by atoms with E-state index in [0.717, 1.165) is 0 Å². The van der Waals surface area contributed by atoms with Crippen LogP contribution in [-0.2, 0) is 4.74 Å². The number of nitro benzene ring substituents is 1. The van der Waals surface area contributed by atoms with Gasteiger partial charge < -0.3 is 9.47 Å². The van der Waals surface area contributed by atoms with Crippen molar-refractivity contribution in [2.24, 2.45) is 0 Å². The molecule has 0 aliphatic rings. The van der Waals surface area contributed by atoms with Crippen LogP contribution in [0.4, 0.5) is 10.5 Å². The Labute approximate surface area is 110 Å². The lowest BCUT2D eigenvalue weighted by Crippen LogP contribution is -2.26. The standard InChI is InChI=1S/C13H15NO5/c1-5-9-7-6-8-10(11(9)14(16)17)18-12(15)19-13(2,3)4/h5-8H,1H2,2-4H3. The Bertz CT molecular complexity index is 516. The van der Waals surface area contributed by atoms with E-state index in [-0.39, 0.29) is 17.0 Å². The average Bonchev–Trinajstić information content (AvgIpc) is 2.25. The van der Waals surface area contributed by atoms with Crippen LogP contribution < -0.4 is 4.74 Å². The quantitative estimate of drug-likeness (QED) is 0.361. The minimum Gasteiger partial charge on any atom is -0.428 e. The smallest absolute Gasteiger partial charge is 0.428 e. The number of para-hydroxylation sites is 1. The zero-order valence-electron chi connectivity index (χ0n) is 11.0. The number of nitro groups is 1. The van der Waals surface area contributed by atoms with Crippen LogP contribution in [0, 0.1) is 10.1 Å². The molecule has 0 bridgehead atoms. The fourth-order valence-electron chi connectivity index (χ4n) is 1.34. The van der Waals surface area contributed by atoms with Gasteiger partial charge in [-0.2, -0.15) is 0 Å². The summed E-state index contributed by atoms with van der Waals surface area (Å²) >= 11 is 0. The Morgan fingerprint density at radius 3 is 2.53 bits per heavy atom. The van der Waals surface area contributed by atoms with Crippen LogP contribution in [-0.4, -0.2) is 16.7 Å². The van der Waals surface area contributed by atoms with E-state index in [1.165, 1.54) is 24.3 Å². The Balaban J connectivity index is 3.05. The summed E-state index contributed by atoms with van der Waals surface area (Å²) in [6, 6.07) is 4.37. The highest BCUT2D eigenvalue weighted by Crippen LogP contribution is 2.32. The van der Waals surface area contributed by atoms with Crippen molar-refractivity contribution in [3.8, 4) is 5.75 Å². The summed E-state index contributed by atoms with van der Waals surface area (Å²) in [6.45, 7) is 8.49. The van der Waals surface area contributed by atoms with Crippen LogP contribution in [0.5, 0.6) is 5.75 Å². The zero-order chi connectivity index (χ0) is 14.6. The number of hydrogen-bond donors (Lipinski definition) is 0. The Kier molecular flexibility index (Phi) is 4.26. The van der Waals surface area contributed by atoms with Gasteiger partial charge in [0, 0.05) is 0 Å². The van der Waals surface area contributed by atoms with Gasteiger partial charge in [-0.15, -0.1) is 0 Å². The molecule has 0 amide bonds. The first-order chi connectivity index (χ1) is 8.74. The summed E-state index contributed by atoms with van der Waals surface area (Å²) in [4.78, 5) is 21.9. The maximum Gasteiger partial charge on any atom is 0.514 e. The van der Waals surface area contributed by atoms with Gasteiger partial charge in [-0.25, -0.2) is 4.79 Å². The number of nitrogens with zero attached hydrogens (tertiary/aromatic N) is 1. The molecule has 19 heavy (non-hydrogen) atoms. The lowest BCUT2D eigenvalue weighted by molar-refractivity contribution is -0.385. The minimum absolute atomic E-state index is 0.170. The van der Waals surface area contributed by atoms with Crippen molar-refractivity contribution < 1.29 is 19.2 Å². The first kappa shape index (κ1) is 14.7. The average molecular weight is 265 g/mol. The number of carbonyl (C=O) groups excluding carboxylic acids is 1. The van der Waals surface area contributed by atoms with Gasteiger partial charge in [0.15, 0.2) is 0 Å². The molecule has 0 radical (unpaired) electrons. The molecule has 0 saturated heterocycles. The molecule has 1 aromatic rings. The summed E-state index contributed by atoms with van der Waals surface area (Å²) in [5.41, 5.74) is -0.781. The number of hydrogen-bond acceptors (Lipinski definition) is 5. The largest absolute Gasteiger partial charge is 0.514 e. The minimum atomic E-state index is -0.989. The first-order valence-corrected chi connectivity index (χ1v) is 5.55. The summed E-state index contributed by atoms with van der Waals surface area (Å²) in [7, 11) is 0. The Morgan fingerprint density at radius 1 is 1.42 bits per heavy atom. The van der Waals surface area contributed by atoms with E-state index in [0.29, 0.717) is 0 Å². The van der Waals surface area contributed by atoms with Gasteiger partial charge in [-0.1, -0.05) is 18.7 Å². The molecule has 0 aliphatic heterocycles. The summed E-state index contributed by atoms with van der Waals surface area (Å²) in [6.07, 6.45) is 0.330. The van der Waals surface area contributed by atoms with Gasteiger partial charge in [0.05, 0.1) is 10.5 Å². The second kappa shape index (κ2) is 5.51. The van der Waals surface area contributed by atoms with Gasteiger partial charge in [0.2, 0.25) is 5.75 Å². The predicted molar refractivity (Wildman–Crippen MR) is 70.0 cm³/mol. The third-order valence-electron chi connectivity index (χ3n) is 2.02. The second-order valence-corrected chi connectivity index (χ2v) is 4.72. The molecular weight excluding hydrogens is 250 g/mol. The molecule has 0 heterocycles. The third kappa shape index (κ3) is 4.09. The van der Waals surface area contributed by atoms with Gasteiger partial charge >= 0.3 is 11.8 Å². The molecule has 0 aliphatic carbocycles. The van der Waals surface area contributed by atoms with Crippen molar-refractivity contribution in [1.29, 1.82) is 0 Å². The number of ether oxygens (including phenoxy) is 2. The lowest BCUT2D eigenvalue weighted by Gasteiger charge is -2.18. The van der Waals surface area contributed by atoms with Crippen molar-refractivity contribution >= 4 is 17.9 Å². The molecule has 0 atom stereocenters. The monoisotopic (exact) mass is 265 g/mol. The highest BCUT2D eigenvalue weighted by atomic mass is 16.7. The number of benzene rings is 1. The molecule has 0 aromatic heterocycles. The highest BCUT2D eigenvalue weighted by Gasteiger charge is 2.24. The van der Waals surface area contributed by atoms with Gasteiger partial charge in [0.1, 0.15) is 5.60 Å². The summed E-state index contributed by atoms with van der Waals surface area (Å²) in [5.74, 6) is -0.170. The Hall–Kier alpha value is -2.37. The van der Waals surface area contributed by atoms with Gasteiger partial charge in [0.25, 0.3) is 0 Å². The number of rotatable bonds is 3. The van der Waals surface area contributed by atoms with Crippen LogP contribution in [0.1, 0.15) is 26.3 Å². The molecule has 1 aromatic carbocycles. The molecule has 102 valence electrons. The van der Waals surface area contributed by atoms with Gasteiger partial charge in [-0.3, -0.25) is 10.1 Å². The molecule has 0 unspecified atom stereocenters. The molecule has 6 heteroatoms. The molecule has 0 N–H and O–H groups in total. The van der Waals surface area contributed by atoms with Crippen LogP contribution in [0.15, 0.2) is 24.8 Å². The van der Waals surface area contributed by atoms with E-state index in [1.54, 1.807) is 20.8 Å². The van der Waals surface area contributed by atoms with E-state index in [1.807, 2.05) is 0 Å². The van der Waals surface area contributed by atoms with Crippen molar-refractivity contribution in [1.82, 2.24) is 0 Å². The van der Waals surface area contributed by atoms with Crippen molar-refractivity contribution in [2.45, 2.75) is 26.4 Å². The fourth-order valence-corrected chi connectivity index (χ4v) is 1.34. The lowest BCUT2D eigenvalue weighted by atomic mass is 10.1. The maximum absolute atomic E-state index is 11.5. The van der Waals surface area contributed by atoms with Crippen LogP contribution >= 0.6 is 0 Å². The second-order valence-electron chi connectivity index (χ2n) is 4.72. The zero-order valence-corrected chi connectivity index (χ0v) is 11.0. The topological polar surface area (TPSA) is 78.7 Å². The van der Waals surface area contributed by atoms with E-state index in [9.17, 15) is 14.9 Å². The summed E-state index contributed by atoms with van der Waals surface area (Å²) in [5, 5.41) is 11.0. The molecule has 1 rings (SSSR count). The molecule has 6 nitrogen and oxygen atoms in total.